The number of hydrogen-bond donors (Lipinski definition) is 1. The zero-order chi connectivity index (χ0) is 14.3. The van der Waals surface area contributed by atoms with E-state index in [4.69, 9.17) is 16.7 Å². The van der Waals surface area contributed by atoms with Gasteiger partial charge in [0.15, 0.2) is 0 Å². The Balaban J connectivity index is 2.17. The van der Waals surface area contributed by atoms with E-state index in [2.05, 4.69) is 20.9 Å². The largest absolute Gasteiger partial charge is 0.478 e. The molecule has 0 radical (unpaired) electrons. The first-order valence-corrected chi connectivity index (χ1v) is 6.89. The van der Waals surface area contributed by atoms with E-state index < -0.39 is 5.97 Å². The highest BCUT2D eigenvalue weighted by atomic mass is 79.9. The third-order valence-electron chi connectivity index (χ3n) is 2.98. The Labute approximate surface area is 127 Å². The number of nitrogens with zero attached hydrogens (tertiary/aromatic N) is 2. The van der Waals surface area contributed by atoms with Gasteiger partial charge in [-0.2, -0.15) is 0 Å². The number of carbonyl (C=O) groups is 1. The number of fused-ring (bicyclic) bond motifs is 1. The predicted molar refractivity (Wildman–Crippen MR) is 80.7 cm³/mol. The molecule has 0 aliphatic rings. The molecule has 0 spiro atoms. The summed E-state index contributed by atoms with van der Waals surface area (Å²) in [6.07, 6.45) is 1.65. The number of benzene rings is 2. The second-order valence-corrected chi connectivity index (χ2v) is 5.48. The summed E-state index contributed by atoms with van der Waals surface area (Å²) in [6, 6.07) is 10.4. The van der Waals surface area contributed by atoms with Gasteiger partial charge in [-0.1, -0.05) is 11.6 Å². The number of halogens is 2. The second-order valence-electron chi connectivity index (χ2n) is 4.22. The number of hydrogen-bond acceptors (Lipinski definition) is 2. The Morgan fingerprint density at radius 3 is 2.75 bits per heavy atom. The quantitative estimate of drug-likeness (QED) is 0.755. The number of imidazole rings is 1. The van der Waals surface area contributed by atoms with E-state index in [1.165, 1.54) is 0 Å². The van der Waals surface area contributed by atoms with Gasteiger partial charge in [-0.15, -0.1) is 0 Å². The lowest BCUT2D eigenvalue weighted by Gasteiger charge is -2.06. The van der Waals surface area contributed by atoms with Crippen molar-refractivity contribution < 1.29 is 9.90 Å². The van der Waals surface area contributed by atoms with Crippen molar-refractivity contribution in [2.45, 2.75) is 0 Å². The lowest BCUT2D eigenvalue weighted by Crippen LogP contribution is -1.96. The van der Waals surface area contributed by atoms with Crippen molar-refractivity contribution in [3.63, 3.8) is 0 Å². The number of carboxylic acids is 1. The van der Waals surface area contributed by atoms with E-state index in [-0.39, 0.29) is 5.56 Å². The Hall–Kier alpha value is -1.85. The lowest BCUT2D eigenvalue weighted by molar-refractivity contribution is 0.0697. The lowest BCUT2D eigenvalue weighted by atomic mass is 10.2. The van der Waals surface area contributed by atoms with E-state index in [0.717, 1.165) is 15.7 Å². The molecule has 1 N–H and O–H groups in total. The molecule has 4 nitrogen and oxygen atoms in total. The summed E-state index contributed by atoms with van der Waals surface area (Å²) < 4.78 is 2.68. The number of aromatic nitrogens is 2. The van der Waals surface area contributed by atoms with E-state index in [1.807, 2.05) is 22.8 Å². The number of carboxylic acid groups (broad SMARTS) is 1. The second kappa shape index (κ2) is 4.92. The minimum atomic E-state index is -0.965. The zero-order valence-electron chi connectivity index (χ0n) is 10.0. The molecule has 0 unspecified atom stereocenters. The van der Waals surface area contributed by atoms with Gasteiger partial charge in [-0.05, 0) is 52.3 Å². The van der Waals surface area contributed by atoms with Gasteiger partial charge in [0, 0.05) is 10.2 Å². The van der Waals surface area contributed by atoms with Gasteiger partial charge in [0.25, 0.3) is 0 Å². The number of rotatable bonds is 2. The first-order chi connectivity index (χ1) is 9.56. The van der Waals surface area contributed by atoms with Crippen LogP contribution < -0.4 is 0 Å². The van der Waals surface area contributed by atoms with Crippen LogP contribution in [0.4, 0.5) is 0 Å². The Kier molecular flexibility index (Phi) is 3.23. The first kappa shape index (κ1) is 13.1. The molecule has 6 heteroatoms. The van der Waals surface area contributed by atoms with Gasteiger partial charge < -0.3 is 5.11 Å². The summed E-state index contributed by atoms with van der Waals surface area (Å²) in [5.41, 5.74) is 2.54. The molecule has 0 aliphatic carbocycles. The highest BCUT2D eigenvalue weighted by molar-refractivity contribution is 9.10. The topological polar surface area (TPSA) is 55.1 Å². The molecule has 0 atom stereocenters. The molecular formula is C14H8BrClN2O2. The van der Waals surface area contributed by atoms with Crippen LogP contribution in [-0.4, -0.2) is 20.6 Å². The summed E-state index contributed by atoms with van der Waals surface area (Å²) in [6.45, 7) is 0. The van der Waals surface area contributed by atoms with Crippen LogP contribution in [0.25, 0.3) is 16.7 Å². The van der Waals surface area contributed by atoms with Crippen molar-refractivity contribution in [2.75, 3.05) is 0 Å². The van der Waals surface area contributed by atoms with Gasteiger partial charge in [0.2, 0.25) is 0 Å². The third kappa shape index (κ3) is 2.19. The van der Waals surface area contributed by atoms with Crippen molar-refractivity contribution in [2.24, 2.45) is 0 Å². The van der Waals surface area contributed by atoms with E-state index in [9.17, 15) is 4.79 Å². The van der Waals surface area contributed by atoms with Gasteiger partial charge in [0.1, 0.15) is 6.33 Å². The van der Waals surface area contributed by atoms with E-state index >= 15 is 0 Å². The zero-order valence-corrected chi connectivity index (χ0v) is 12.4. The summed E-state index contributed by atoms with van der Waals surface area (Å²) in [4.78, 5) is 15.2. The Morgan fingerprint density at radius 1 is 1.25 bits per heavy atom. The summed E-state index contributed by atoms with van der Waals surface area (Å²) >= 11 is 9.44. The molecule has 3 rings (SSSR count). The van der Waals surface area contributed by atoms with Crippen molar-refractivity contribution in [1.29, 1.82) is 0 Å². The van der Waals surface area contributed by atoms with E-state index in [1.54, 1.807) is 24.5 Å². The molecule has 100 valence electrons. The molecule has 0 aliphatic heterocycles. The van der Waals surface area contributed by atoms with Crippen LogP contribution in [0.3, 0.4) is 0 Å². The normalized spacial score (nSPS) is 10.9. The SMILES string of the molecule is O=C(O)c1ccc2c(c1)ncn2-c1ccc(Br)c(Cl)c1. The molecule has 0 amide bonds. The average molecular weight is 352 g/mol. The Morgan fingerprint density at radius 2 is 2.05 bits per heavy atom. The molecule has 1 heterocycles. The first-order valence-electron chi connectivity index (χ1n) is 5.72. The fraction of sp³-hybridized carbons (Fsp3) is 0. The van der Waals surface area contributed by atoms with E-state index in [0.29, 0.717) is 10.5 Å². The van der Waals surface area contributed by atoms with Crippen molar-refractivity contribution in [1.82, 2.24) is 9.55 Å². The maximum Gasteiger partial charge on any atom is 0.335 e. The minimum absolute atomic E-state index is 0.219. The van der Waals surface area contributed by atoms with Crippen LogP contribution in [0.2, 0.25) is 5.02 Å². The molecule has 2 aromatic carbocycles. The average Bonchev–Trinajstić information content (AvgIpc) is 2.84. The molecule has 20 heavy (non-hydrogen) atoms. The minimum Gasteiger partial charge on any atom is -0.478 e. The molecule has 3 aromatic rings. The highest BCUT2D eigenvalue weighted by Gasteiger charge is 2.09. The molecular weight excluding hydrogens is 344 g/mol. The van der Waals surface area contributed by atoms with Gasteiger partial charge in [-0.25, -0.2) is 9.78 Å². The predicted octanol–water partition coefficient (Wildman–Crippen LogP) is 4.14. The van der Waals surface area contributed by atoms with Crippen molar-refractivity contribution in [3.8, 4) is 5.69 Å². The molecule has 0 bridgehead atoms. The highest BCUT2D eigenvalue weighted by Crippen LogP contribution is 2.27. The van der Waals surface area contributed by atoms with Crippen LogP contribution in [0, 0.1) is 0 Å². The van der Waals surface area contributed by atoms with Crippen molar-refractivity contribution >= 4 is 44.5 Å². The maximum absolute atomic E-state index is 10.9. The van der Waals surface area contributed by atoms with Gasteiger partial charge in [-0.3, -0.25) is 4.57 Å². The van der Waals surface area contributed by atoms with Crippen LogP contribution in [0.15, 0.2) is 47.2 Å². The smallest absolute Gasteiger partial charge is 0.335 e. The maximum atomic E-state index is 10.9. The van der Waals surface area contributed by atoms with Crippen LogP contribution in [-0.2, 0) is 0 Å². The fourth-order valence-electron chi connectivity index (χ4n) is 1.99. The van der Waals surface area contributed by atoms with Crippen LogP contribution in [0.5, 0.6) is 0 Å². The number of aromatic carboxylic acids is 1. The molecule has 0 saturated heterocycles. The molecule has 1 aromatic heterocycles. The standard InChI is InChI=1S/C14H8BrClN2O2/c15-10-3-2-9(6-11(10)16)18-7-17-12-5-8(14(19)20)1-4-13(12)18/h1-7H,(H,19,20). The van der Waals surface area contributed by atoms with Gasteiger partial charge in [0.05, 0.1) is 21.6 Å². The summed E-state index contributed by atoms with van der Waals surface area (Å²) in [5.74, 6) is -0.965. The van der Waals surface area contributed by atoms with Crippen molar-refractivity contribution in [3.05, 3.63) is 57.8 Å². The third-order valence-corrected chi connectivity index (χ3v) is 4.21. The van der Waals surface area contributed by atoms with Gasteiger partial charge >= 0.3 is 5.97 Å². The Bertz CT molecular complexity index is 829. The fourth-order valence-corrected chi connectivity index (χ4v) is 2.41. The summed E-state index contributed by atoms with van der Waals surface area (Å²) in [7, 11) is 0. The monoisotopic (exact) mass is 350 g/mol. The molecule has 0 fully saturated rings. The summed E-state index contributed by atoms with van der Waals surface area (Å²) in [5, 5.41) is 9.58. The van der Waals surface area contributed by atoms with Crippen LogP contribution >= 0.6 is 27.5 Å². The molecule has 0 saturated carbocycles. The van der Waals surface area contributed by atoms with Crippen LogP contribution in [0.1, 0.15) is 10.4 Å².